The fourth-order valence-electron chi connectivity index (χ4n) is 0.345. The van der Waals surface area contributed by atoms with E-state index in [0.29, 0.717) is 0 Å². The molecule has 0 spiro atoms. The fourth-order valence-corrected chi connectivity index (χ4v) is 0.345. The molecule has 0 radical (unpaired) electrons. The highest BCUT2D eigenvalue weighted by molar-refractivity contribution is 5.72. The summed E-state index contributed by atoms with van der Waals surface area (Å²) in [5.74, 6) is -0.933. The first-order valence-electron chi connectivity index (χ1n) is 3.70. The Morgan fingerprint density at radius 2 is 2.00 bits per heavy atom. The molecule has 0 aliphatic heterocycles. The average Bonchev–Trinajstić information content (AvgIpc) is 1.99. The van der Waals surface area contributed by atoms with Crippen LogP contribution in [0.2, 0.25) is 0 Å². The van der Waals surface area contributed by atoms with Crippen molar-refractivity contribution in [2.24, 2.45) is 10.2 Å². The molecule has 0 aromatic rings. The average molecular weight is 158 g/mol. The molecule has 1 N–H and O–H groups in total. The highest BCUT2D eigenvalue weighted by atomic mass is 16.4. The predicted molar refractivity (Wildman–Crippen MR) is 41.7 cm³/mol. The van der Waals surface area contributed by atoms with Crippen molar-refractivity contribution in [1.29, 1.82) is 0 Å². The minimum absolute atomic E-state index is 0.122. The predicted octanol–water partition coefficient (Wildman–Crippen LogP) is 1.71. The highest BCUT2D eigenvalue weighted by Gasteiger charge is 2.08. The number of aliphatic carboxylic acids is 1. The smallest absolute Gasteiger partial charge is 0.330 e. The van der Waals surface area contributed by atoms with Gasteiger partial charge in [-0.1, -0.05) is 6.92 Å². The first kappa shape index (κ1) is 10.1. The van der Waals surface area contributed by atoms with E-state index in [1.165, 1.54) is 6.92 Å². The summed E-state index contributed by atoms with van der Waals surface area (Å²) >= 11 is 0. The number of hydrogen-bond donors (Lipinski definition) is 1. The van der Waals surface area contributed by atoms with Crippen LogP contribution in [-0.2, 0) is 4.79 Å². The summed E-state index contributed by atoms with van der Waals surface area (Å²) < 4.78 is 0. The molecule has 0 rings (SSSR count). The summed E-state index contributed by atoms with van der Waals surface area (Å²) in [5.41, 5.74) is 0. The van der Waals surface area contributed by atoms with Crippen LogP contribution in [-0.4, -0.2) is 23.2 Å². The molecule has 0 fully saturated rings. The lowest BCUT2D eigenvalue weighted by molar-refractivity contribution is -0.138. The van der Waals surface area contributed by atoms with Gasteiger partial charge < -0.3 is 5.11 Å². The van der Waals surface area contributed by atoms with Crippen LogP contribution in [0.15, 0.2) is 10.2 Å². The lowest BCUT2D eigenvalue weighted by Crippen LogP contribution is -2.12. The molecule has 0 heterocycles. The third kappa shape index (κ3) is 4.47. The van der Waals surface area contributed by atoms with Crippen LogP contribution in [0, 0.1) is 0 Å². The lowest BCUT2D eigenvalue weighted by atomic mass is 10.3. The SMILES string of the molecule is CCC(C)N=NC(C)C(=O)O. The number of azo groups is 1. The Bertz CT molecular complexity index is 157. The van der Waals surface area contributed by atoms with Gasteiger partial charge in [0.2, 0.25) is 0 Å². The molecule has 64 valence electrons. The molecule has 2 atom stereocenters. The zero-order valence-corrected chi connectivity index (χ0v) is 7.11. The molecule has 11 heavy (non-hydrogen) atoms. The largest absolute Gasteiger partial charge is 0.480 e. The normalized spacial score (nSPS) is 16.6. The number of nitrogens with zero attached hydrogens (tertiary/aromatic N) is 2. The number of hydrogen-bond acceptors (Lipinski definition) is 3. The zero-order chi connectivity index (χ0) is 8.85. The second-order valence-corrected chi connectivity index (χ2v) is 2.50. The van der Waals surface area contributed by atoms with Crippen LogP contribution in [0.25, 0.3) is 0 Å². The Morgan fingerprint density at radius 3 is 2.36 bits per heavy atom. The van der Waals surface area contributed by atoms with Gasteiger partial charge in [0.25, 0.3) is 0 Å². The Kier molecular flexibility index (Phi) is 4.41. The van der Waals surface area contributed by atoms with Gasteiger partial charge in [-0.15, -0.1) is 0 Å². The van der Waals surface area contributed by atoms with Gasteiger partial charge in [-0.25, -0.2) is 4.79 Å². The van der Waals surface area contributed by atoms with Gasteiger partial charge in [0.1, 0.15) is 0 Å². The Labute approximate surface area is 66.3 Å². The Hall–Kier alpha value is -0.930. The lowest BCUT2D eigenvalue weighted by Gasteiger charge is -2.00. The van der Waals surface area contributed by atoms with E-state index in [1.54, 1.807) is 0 Å². The molecule has 2 unspecified atom stereocenters. The number of carbonyl (C=O) groups is 1. The van der Waals surface area contributed by atoms with Gasteiger partial charge in [0, 0.05) is 0 Å². The van der Waals surface area contributed by atoms with E-state index in [-0.39, 0.29) is 6.04 Å². The summed E-state index contributed by atoms with van der Waals surface area (Å²) in [6, 6.07) is -0.596. The van der Waals surface area contributed by atoms with Crippen molar-refractivity contribution in [3.63, 3.8) is 0 Å². The maximum atomic E-state index is 10.2. The second kappa shape index (κ2) is 4.82. The minimum Gasteiger partial charge on any atom is -0.480 e. The first-order chi connectivity index (χ1) is 5.07. The van der Waals surface area contributed by atoms with Crippen LogP contribution in [0.4, 0.5) is 0 Å². The first-order valence-corrected chi connectivity index (χ1v) is 3.70. The third-order valence-corrected chi connectivity index (χ3v) is 1.39. The standard InChI is InChI=1S/C7H14N2O2/c1-4-5(2)8-9-6(3)7(10)11/h5-6H,4H2,1-3H3,(H,10,11). The van der Waals surface area contributed by atoms with Crippen LogP contribution < -0.4 is 0 Å². The van der Waals surface area contributed by atoms with Crippen molar-refractivity contribution < 1.29 is 9.90 Å². The van der Waals surface area contributed by atoms with E-state index < -0.39 is 12.0 Å². The monoisotopic (exact) mass is 158 g/mol. The molecule has 0 bridgehead atoms. The molecule has 0 aliphatic carbocycles. The van der Waals surface area contributed by atoms with E-state index in [9.17, 15) is 4.79 Å². The van der Waals surface area contributed by atoms with Crippen molar-refractivity contribution >= 4 is 5.97 Å². The van der Waals surface area contributed by atoms with E-state index in [2.05, 4.69) is 10.2 Å². The summed E-state index contributed by atoms with van der Waals surface area (Å²) in [5, 5.41) is 15.8. The van der Waals surface area contributed by atoms with Crippen molar-refractivity contribution in [3.8, 4) is 0 Å². The van der Waals surface area contributed by atoms with Crippen molar-refractivity contribution in [2.75, 3.05) is 0 Å². The summed E-state index contributed by atoms with van der Waals surface area (Å²) in [7, 11) is 0. The van der Waals surface area contributed by atoms with E-state index in [1.807, 2.05) is 13.8 Å². The second-order valence-electron chi connectivity index (χ2n) is 2.50. The van der Waals surface area contributed by atoms with Crippen LogP contribution in [0.5, 0.6) is 0 Å². The topological polar surface area (TPSA) is 62.0 Å². The fraction of sp³-hybridized carbons (Fsp3) is 0.857. The number of rotatable bonds is 4. The summed E-state index contributed by atoms with van der Waals surface area (Å²) in [6.45, 7) is 5.39. The molecule has 4 heteroatoms. The Balaban J connectivity index is 3.82. The van der Waals surface area contributed by atoms with E-state index in [0.717, 1.165) is 6.42 Å². The minimum atomic E-state index is -0.933. The van der Waals surface area contributed by atoms with Crippen LogP contribution in [0.3, 0.4) is 0 Å². The molecule has 0 aromatic heterocycles. The maximum Gasteiger partial charge on any atom is 0.330 e. The molecule has 0 saturated heterocycles. The van der Waals surface area contributed by atoms with Gasteiger partial charge in [-0.2, -0.15) is 10.2 Å². The van der Waals surface area contributed by atoms with Crippen LogP contribution >= 0.6 is 0 Å². The van der Waals surface area contributed by atoms with Crippen molar-refractivity contribution in [3.05, 3.63) is 0 Å². The Morgan fingerprint density at radius 1 is 1.45 bits per heavy atom. The van der Waals surface area contributed by atoms with Gasteiger partial charge in [-0.05, 0) is 20.3 Å². The molecule has 0 aromatic carbocycles. The van der Waals surface area contributed by atoms with Crippen molar-refractivity contribution in [2.45, 2.75) is 39.3 Å². The quantitative estimate of drug-likeness (QED) is 0.633. The van der Waals surface area contributed by atoms with Gasteiger partial charge in [0.05, 0.1) is 6.04 Å². The molecule has 0 amide bonds. The van der Waals surface area contributed by atoms with Crippen LogP contribution in [0.1, 0.15) is 27.2 Å². The third-order valence-electron chi connectivity index (χ3n) is 1.39. The molecule has 0 aliphatic rings. The summed E-state index contributed by atoms with van der Waals surface area (Å²) in [6.07, 6.45) is 0.885. The molecular formula is C7H14N2O2. The number of carboxylic acid groups (broad SMARTS) is 1. The maximum absolute atomic E-state index is 10.2. The van der Waals surface area contributed by atoms with Crippen molar-refractivity contribution in [1.82, 2.24) is 0 Å². The summed E-state index contributed by atoms with van der Waals surface area (Å²) in [4.78, 5) is 10.2. The molecule has 0 saturated carbocycles. The van der Waals surface area contributed by atoms with Gasteiger partial charge in [-0.3, -0.25) is 0 Å². The molecule has 4 nitrogen and oxygen atoms in total. The van der Waals surface area contributed by atoms with E-state index >= 15 is 0 Å². The number of carboxylic acids is 1. The molecular weight excluding hydrogens is 144 g/mol. The van der Waals surface area contributed by atoms with Gasteiger partial charge in [0.15, 0.2) is 6.04 Å². The highest BCUT2D eigenvalue weighted by Crippen LogP contribution is 1.98. The van der Waals surface area contributed by atoms with Gasteiger partial charge >= 0.3 is 5.97 Å². The van der Waals surface area contributed by atoms with E-state index in [4.69, 9.17) is 5.11 Å². The zero-order valence-electron chi connectivity index (χ0n) is 7.11.